The Labute approximate surface area is 209 Å². The van der Waals surface area contributed by atoms with Crippen LogP contribution < -0.4 is 10.0 Å². The van der Waals surface area contributed by atoms with E-state index in [1.807, 2.05) is 12.1 Å². The van der Waals surface area contributed by atoms with Crippen molar-refractivity contribution in [1.82, 2.24) is 10.2 Å². The van der Waals surface area contributed by atoms with Gasteiger partial charge in [-0.2, -0.15) is 0 Å². The van der Waals surface area contributed by atoms with Crippen molar-refractivity contribution in [3.8, 4) is 0 Å². The van der Waals surface area contributed by atoms with E-state index < -0.39 is 10.0 Å². The molecule has 1 atom stereocenters. The topological polar surface area (TPSA) is 95.6 Å². The van der Waals surface area contributed by atoms with Crippen molar-refractivity contribution in [1.29, 1.82) is 0 Å². The number of rotatable bonds is 8. The molecule has 0 aromatic heterocycles. The fraction of sp³-hybridized carbons (Fsp3) is 0.481. The van der Waals surface area contributed by atoms with E-state index in [9.17, 15) is 18.0 Å². The summed E-state index contributed by atoms with van der Waals surface area (Å²) in [6.45, 7) is 9.88. The van der Waals surface area contributed by atoms with Gasteiger partial charge in [-0.1, -0.05) is 52.3 Å². The van der Waals surface area contributed by atoms with Crippen molar-refractivity contribution < 1.29 is 18.0 Å². The highest BCUT2D eigenvalue weighted by atomic mass is 32.2. The molecule has 1 heterocycles. The van der Waals surface area contributed by atoms with Gasteiger partial charge in [-0.05, 0) is 60.6 Å². The summed E-state index contributed by atoms with van der Waals surface area (Å²) < 4.78 is 28.4. The van der Waals surface area contributed by atoms with Crippen molar-refractivity contribution in [2.24, 2.45) is 5.92 Å². The van der Waals surface area contributed by atoms with Gasteiger partial charge < -0.3 is 10.2 Å². The van der Waals surface area contributed by atoms with E-state index in [4.69, 9.17) is 0 Å². The number of piperidine rings is 1. The second-order valence-electron chi connectivity index (χ2n) is 10.2. The van der Waals surface area contributed by atoms with Crippen LogP contribution in [0.15, 0.2) is 53.4 Å². The van der Waals surface area contributed by atoms with Crippen LogP contribution in [0.3, 0.4) is 0 Å². The van der Waals surface area contributed by atoms with Gasteiger partial charge in [-0.25, -0.2) is 8.42 Å². The molecule has 0 aliphatic carbocycles. The highest BCUT2D eigenvalue weighted by Crippen LogP contribution is 2.25. The normalized spacial score (nSPS) is 16.6. The van der Waals surface area contributed by atoms with Crippen LogP contribution in [0, 0.1) is 5.92 Å². The predicted molar refractivity (Wildman–Crippen MR) is 139 cm³/mol. The molecule has 35 heavy (non-hydrogen) atoms. The van der Waals surface area contributed by atoms with E-state index >= 15 is 0 Å². The van der Waals surface area contributed by atoms with E-state index in [1.54, 1.807) is 41.3 Å². The molecule has 1 aliphatic rings. The lowest BCUT2D eigenvalue weighted by Gasteiger charge is -2.32. The zero-order chi connectivity index (χ0) is 25.6. The number of carbonyl (C=O) groups is 2. The van der Waals surface area contributed by atoms with Gasteiger partial charge in [0.2, 0.25) is 5.91 Å². The maximum absolute atomic E-state index is 13.2. The van der Waals surface area contributed by atoms with E-state index in [-0.39, 0.29) is 28.0 Å². The first-order valence-electron chi connectivity index (χ1n) is 12.3. The number of amides is 2. The van der Waals surface area contributed by atoms with Gasteiger partial charge in [0.25, 0.3) is 15.9 Å². The summed E-state index contributed by atoms with van der Waals surface area (Å²) >= 11 is 0. The summed E-state index contributed by atoms with van der Waals surface area (Å²) in [5.41, 5.74) is 1.68. The molecule has 2 N–H and O–H groups in total. The van der Waals surface area contributed by atoms with Crippen molar-refractivity contribution in [3.05, 3.63) is 59.7 Å². The predicted octanol–water partition coefficient (Wildman–Crippen LogP) is 4.55. The molecule has 1 unspecified atom stereocenters. The maximum atomic E-state index is 13.2. The van der Waals surface area contributed by atoms with Gasteiger partial charge in [0.05, 0.1) is 10.8 Å². The first kappa shape index (κ1) is 26.7. The standard InChI is InChI=1S/C27H37N3O4S/c1-5-6-16-28-25(31)21-10-8-17-30(19-21)26(32)20-9-7-11-23(18-20)29-35(33,34)24-14-12-22(13-15-24)27(2,3)4/h7,9,11-15,18,21,29H,5-6,8,10,16-17,19H2,1-4H3,(H,28,31). The summed E-state index contributed by atoms with van der Waals surface area (Å²) in [5.74, 6) is -0.427. The third-order valence-corrected chi connectivity index (χ3v) is 7.70. The Bertz CT molecular complexity index is 1140. The highest BCUT2D eigenvalue weighted by Gasteiger charge is 2.29. The molecule has 190 valence electrons. The second kappa shape index (κ2) is 11.2. The number of unbranched alkanes of at least 4 members (excludes halogenated alkanes) is 1. The summed E-state index contributed by atoms with van der Waals surface area (Å²) in [5, 5.41) is 2.96. The zero-order valence-electron chi connectivity index (χ0n) is 21.1. The number of hydrogen-bond acceptors (Lipinski definition) is 4. The Morgan fingerprint density at radius 2 is 1.80 bits per heavy atom. The van der Waals surface area contributed by atoms with Gasteiger partial charge in [-0.15, -0.1) is 0 Å². The molecular weight excluding hydrogens is 462 g/mol. The molecule has 1 saturated heterocycles. The summed E-state index contributed by atoms with van der Waals surface area (Å²) in [6, 6.07) is 13.3. The second-order valence-corrected chi connectivity index (χ2v) is 11.9. The van der Waals surface area contributed by atoms with Crippen LogP contribution in [-0.4, -0.2) is 44.8 Å². The number of sulfonamides is 1. The van der Waals surface area contributed by atoms with E-state index in [0.717, 1.165) is 31.2 Å². The Hall–Kier alpha value is -2.87. The number of benzene rings is 2. The molecule has 8 heteroatoms. The fourth-order valence-electron chi connectivity index (χ4n) is 4.15. The van der Waals surface area contributed by atoms with Gasteiger partial charge >= 0.3 is 0 Å². The molecule has 1 aliphatic heterocycles. The van der Waals surface area contributed by atoms with Crippen LogP contribution in [0.1, 0.15) is 69.3 Å². The zero-order valence-corrected chi connectivity index (χ0v) is 22.0. The first-order valence-corrected chi connectivity index (χ1v) is 13.8. The number of anilines is 1. The van der Waals surface area contributed by atoms with Crippen LogP contribution in [0.4, 0.5) is 5.69 Å². The minimum absolute atomic E-state index is 0.00469. The molecule has 2 amide bonds. The van der Waals surface area contributed by atoms with Crippen LogP contribution in [0.2, 0.25) is 0 Å². The molecule has 3 rings (SSSR count). The Kier molecular flexibility index (Phi) is 8.59. The average molecular weight is 500 g/mol. The van der Waals surface area contributed by atoms with Crippen molar-refractivity contribution in [2.45, 2.75) is 63.7 Å². The molecule has 7 nitrogen and oxygen atoms in total. The number of carbonyl (C=O) groups excluding carboxylic acids is 2. The van der Waals surface area contributed by atoms with Gasteiger partial charge in [0.15, 0.2) is 0 Å². The molecular formula is C27H37N3O4S. The van der Waals surface area contributed by atoms with Crippen molar-refractivity contribution in [3.63, 3.8) is 0 Å². The van der Waals surface area contributed by atoms with Crippen molar-refractivity contribution >= 4 is 27.5 Å². The number of nitrogens with zero attached hydrogens (tertiary/aromatic N) is 1. The minimum Gasteiger partial charge on any atom is -0.356 e. The fourth-order valence-corrected chi connectivity index (χ4v) is 5.20. The first-order chi connectivity index (χ1) is 16.5. The molecule has 0 spiro atoms. The summed E-state index contributed by atoms with van der Waals surface area (Å²) in [4.78, 5) is 27.5. The monoisotopic (exact) mass is 499 g/mol. The molecule has 2 aromatic rings. The van der Waals surface area contributed by atoms with Crippen LogP contribution in [0.25, 0.3) is 0 Å². The van der Waals surface area contributed by atoms with Gasteiger partial charge in [0.1, 0.15) is 0 Å². The SMILES string of the molecule is CCCCNC(=O)C1CCCN(C(=O)c2cccc(NS(=O)(=O)c3ccc(C(C)(C)C)cc3)c2)C1. The van der Waals surface area contributed by atoms with E-state index in [2.05, 4.69) is 37.7 Å². The largest absolute Gasteiger partial charge is 0.356 e. The number of likely N-dealkylation sites (tertiary alicyclic amines) is 1. The quantitative estimate of drug-likeness (QED) is 0.521. The lowest BCUT2D eigenvalue weighted by Crippen LogP contribution is -2.45. The third kappa shape index (κ3) is 7.07. The minimum atomic E-state index is -3.80. The lowest BCUT2D eigenvalue weighted by atomic mass is 9.87. The van der Waals surface area contributed by atoms with E-state index in [1.165, 1.54) is 0 Å². The van der Waals surface area contributed by atoms with Crippen LogP contribution in [0.5, 0.6) is 0 Å². The Morgan fingerprint density at radius 3 is 2.46 bits per heavy atom. The molecule has 2 aromatic carbocycles. The Morgan fingerprint density at radius 1 is 1.09 bits per heavy atom. The smallest absolute Gasteiger partial charge is 0.261 e. The Balaban J connectivity index is 1.69. The average Bonchev–Trinajstić information content (AvgIpc) is 2.83. The molecule has 0 radical (unpaired) electrons. The lowest BCUT2D eigenvalue weighted by molar-refractivity contribution is -0.126. The van der Waals surface area contributed by atoms with Gasteiger partial charge in [-0.3, -0.25) is 14.3 Å². The molecule has 0 saturated carbocycles. The van der Waals surface area contributed by atoms with Crippen LogP contribution in [-0.2, 0) is 20.2 Å². The highest BCUT2D eigenvalue weighted by molar-refractivity contribution is 7.92. The summed E-state index contributed by atoms with van der Waals surface area (Å²) in [6.07, 6.45) is 3.46. The summed E-state index contributed by atoms with van der Waals surface area (Å²) in [7, 11) is -3.80. The number of hydrogen-bond donors (Lipinski definition) is 2. The van der Waals surface area contributed by atoms with Crippen LogP contribution >= 0.6 is 0 Å². The third-order valence-electron chi connectivity index (χ3n) is 6.30. The molecule has 1 fully saturated rings. The molecule has 0 bridgehead atoms. The van der Waals surface area contributed by atoms with Crippen molar-refractivity contribution in [2.75, 3.05) is 24.4 Å². The van der Waals surface area contributed by atoms with Gasteiger partial charge in [0, 0.05) is 30.9 Å². The number of nitrogens with one attached hydrogen (secondary N) is 2. The van der Waals surface area contributed by atoms with E-state index in [0.29, 0.717) is 30.9 Å². The maximum Gasteiger partial charge on any atom is 0.261 e.